The Kier molecular flexibility index (Phi) is 5.99. The lowest BCUT2D eigenvalue weighted by atomic mass is 10.0. The Bertz CT molecular complexity index is 860. The first-order valence-electron chi connectivity index (χ1n) is 9.41. The Hall–Kier alpha value is -1.85. The molecule has 1 aliphatic rings. The molecule has 0 heterocycles. The Morgan fingerprint density at radius 1 is 0.923 bits per heavy atom. The van der Waals surface area contributed by atoms with E-state index in [9.17, 15) is 8.42 Å². The molecule has 0 aliphatic heterocycles. The first kappa shape index (κ1) is 18.9. The van der Waals surface area contributed by atoms with Crippen molar-refractivity contribution in [3.8, 4) is 11.1 Å². The molecule has 0 radical (unpaired) electrons. The predicted octanol–water partition coefficient (Wildman–Crippen LogP) is 4.17. The number of hydrogen-bond donors (Lipinski definition) is 2. The highest BCUT2D eigenvalue weighted by Gasteiger charge is 2.20. The third kappa shape index (κ3) is 4.27. The number of sulfonamides is 1. The third-order valence-electron chi connectivity index (χ3n) is 4.94. The van der Waals surface area contributed by atoms with Gasteiger partial charge in [0.2, 0.25) is 10.0 Å². The average molecular weight is 373 g/mol. The van der Waals surface area contributed by atoms with Crippen molar-refractivity contribution in [2.24, 2.45) is 0 Å². The van der Waals surface area contributed by atoms with Gasteiger partial charge in [-0.3, -0.25) is 0 Å². The van der Waals surface area contributed by atoms with Gasteiger partial charge in [-0.2, -0.15) is 0 Å². The van der Waals surface area contributed by atoms with Gasteiger partial charge in [-0.1, -0.05) is 42.8 Å². The molecule has 0 spiro atoms. The minimum Gasteiger partial charge on any atom is -0.385 e. The summed E-state index contributed by atoms with van der Waals surface area (Å²) in [5, 5.41) is 3.20. The second-order valence-corrected chi connectivity index (χ2v) is 9.46. The van der Waals surface area contributed by atoms with Crippen molar-refractivity contribution < 1.29 is 8.42 Å². The molecular formula is C21H28N2O2S. The van der Waals surface area contributed by atoms with E-state index in [1.165, 1.54) is 27.9 Å². The minimum atomic E-state index is -3.13. The molecular weight excluding hydrogens is 344 g/mol. The highest BCUT2D eigenvalue weighted by atomic mass is 32.2. The summed E-state index contributed by atoms with van der Waals surface area (Å²) in [5.74, 6) is 0. The summed E-state index contributed by atoms with van der Waals surface area (Å²) in [6, 6.07) is 15.1. The summed E-state index contributed by atoms with van der Waals surface area (Å²) >= 11 is 0. The topological polar surface area (TPSA) is 58.2 Å². The molecule has 0 aromatic heterocycles. The molecule has 4 nitrogen and oxygen atoms in total. The standard InChI is InChI=1S/C21H28N2O2S/c1-16(2)26(24,25)23-14-7-3-6-13-22-21-12-8-11-19-18-10-5-4-9-17(18)15-20(19)21/h4-5,8-12,16,22-23H,3,6-7,13-15H2,1-2H3. The van der Waals surface area contributed by atoms with Gasteiger partial charge in [-0.05, 0) is 55.0 Å². The lowest BCUT2D eigenvalue weighted by Gasteiger charge is -2.12. The van der Waals surface area contributed by atoms with Crippen LogP contribution in [0.25, 0.3) is 11.1 Å². The predicted molar refractivity (Wildman–Crippen MR) is 109 cm³/mol. The van der Waals surface area contributed by atoms with Crippen molar-refractivity contribution in [3.63, 3.8) is 0 Å². The maximum absolute atomic E-state index is 11.7. The lowest BCUT2D eigenvalue weighted by Crippen LogP contribution is -2.31. The van der Waals surface area contributed by atoms with E-state index in [4.69, 9.17) is 0 Å². The lowest BCUT2D eigenvalue weighted by molar-refractivity contribution is 0.566. The van der Waals surface area contributed by atoms with Gasteiger partial charge in [-0.15, -0.1) is 0 Å². The molecule has 2 N–H and O–H groups in total. The second kappa shape index (κ2) is 8.23. The van der Waals surface area contributed by atoms with Crippen LogP contribution in [0, 0.1) is 0 Å². The molecule has 0 atom stereocenters. The normalized spacial score (nSPS) is 12.9. The van der Waals surface area contributed by atoms with Crippen LogP contribution in [-0.4, -0.2) is 26.8 Å². The monoisotopic (exact) mass is 372 g/mol. The molecule has 0 saturated carbocycles. The summed E-state index contributed by atoms with van der Waals surface area (Å²) in [5.41, 5.74) is 6.70. The van der Waals surface area contributed by atoms with E-state index >= 15 is 0 Å². The molecule has 0 amide bonds. The molecule has 140 valence electrons. The van der Waals surface area contributed by atoms with Crippen LogP contribution in [0.5, 0.6) is 0 Å². The van der Waals surface area contributed by atoms with E-state index < -0.39 is 10.0 Å². The van der Waals surface area contributed by atoms with E-state index in [0.29, 0.717) is 6.54 Å². The van der Waals surface area contributed by atoms with Gasteiger partial charge in [0, 0.05) is 25.2 Å². The van der Waals surface area contributed by atoms with Gasteiger partial charge in [0.1, 0.15) is 0 Å². The Balaban J connectivity index is 1.45. The maximum atomic E-state index is 11.7. The second-order valence-electron chi connectivity index (χ2n) is 7.14. The molecule has 2 aromatic rings. The van der Waals surface area contributed by atoms with Crippen molar-refractivity contribution in [2.45, 2.75) is 44.8 Å². The largest absolute Gasteiger partial charge is 0.385 e. The fourth-order valence-electron chi connectivity index (χ4n) is 3.35. The van der Waals surface area contributed by atoms with Gasteiger partial charge in [0.15, 0.2) is 0 Å². The summed E-state index contributed by atoms with van der Waals surface area (Å²) in [4.78, 5) is 0. The zero-order valence-electron chi connectivity index (χ0n) is 15.6. The number of unbranched alkanes of at least 4 members (excludes halogenated alkanes) is 2. The quantitative estimate of drug-likeness (QED) is 0.554. The molecule has 0 bridgehead atoms. The molecule has 0 saturated heterocycles. The van der Waals surface area contributed by atoms with Crippen LogP contribution in [0.2, 0.25) is 0 Å². The van der Waals surface area contributed by atoms with E-state index in [1.807, 2.05) is 0 Å². The molecule has 1 aliphatic carbocycles. The number of anilines is 1. The smallest absolute Gasteiger partial charge is 0.213 e. The van der Waals surface area contributed by atoms with Crippen LogP contribution in [0.3, 0.4) is 0 Å². The number of nitrogens with one attached hydrogen (secondary N) is 2. The summed E-state index contributed by atoms with van der Waals surface area (Å²) < 4.78 is 26.0. The van der Waals surface area contributed by atoms with Gasteiger partial charge >= 0.3 is 0 Å². The third-order valence-corrected chi connectivity index (χ3v) is 6.79. The molecule has 5 heteroatoms. The van der Waals surface area contributed by atoms with Crippen molar-refractivity contribution >= 4 is 15.7 Å². The van der Waals surface area contributed by atoms with Gasteiger partial charge in [0.25, 0.3) is 0 Å². The van der Waals surface area contributed by atoms with Crippen LogP contribution < -0.4 is 10.0 Å². The number of fused-ring (bicyclic) bond motifs is 3. The average Bonchev–Trinajstić information content (AvgIpc) is 3.00. The highest BCUT2D eigenvalue weighted by molar-refractivity contribution is 7.90. The molecule has 0 fully saturated rings. The molecule has 2 aromatic carbocycles. The highest BCUT2D eigenvalue weighted by Crippen LogP contribution is 2.39. The van der Waals surface area contributed by atoms with Crippen LogP contribution in [-0.2, 0) is 16.4 Å². The minimum absolute atomic E-state index is 0.367. The Morgan fingerprint density at radius 2 is 1.65 bits per heavy atom. The molecule has 0 unspecified atom stereocenters. The van der Waals surface area contributed by atoms with Crippen LogP contribution in [0.4, 0.5) is 5.69 Å². The zero-order chi connectivity index (χ0) is 18.6. The molecule has 3 rings (SSSR count). The van der Waals surface area contributed by atoms with E-state index in [-0.39, 0.29) is 5.25 Å². The van der Waals surface area contributed by atoms with Crippen LogP contribution >= 0.6 is 0 Å². The summed E-state index contributed by atoms with van der Waals surface area (Å²) in [7, 11) is -3.13. The van der Waals surface area contributed by atoms with Crippen molar-refractivity contribution in [3.05, 3.63) is 53.6 Å². The fourth-order valence-corrected chi connectivity index (χ4v) is 4.12. The number of benzene rings is 2. The van der Waals surface area contributed by atoms with Gasteiger partial charge in [0.05, 0.1) is 5.25 Å². The van der Waals surface area contributed by atoms with Crippen LogP contribution in [0.15, 0.2) is 42.5 Å². The van der Waals surface area contributed by atoms with Gasteiger partial charge in [-0.25, -0.2) is 13.1 Å². The fraction of sp³-hybridized carbons (Fsp3) is 0.429. The van der Waals surface area contributed by atoms with E-state index in [2.05, 4.69) is 52.5 Å². The summed E-state index contributed by atoms with van der Waals surface area (Å²) in [6.45, 7) is 4.83. The van der Waals surface area contributed by atoms with Crippen LogP contribution in [0.1, 0.15) is 44.2 Å². The molecule has 26 heavy (non-hydrogen) atoms. The first-order valence-corrected chi connectivity index (χ1v) is 11.0. The maximum Gasteiger partial charge on any atom is 0.213 e. The number of rotatable bonds is 9. The van der Waals surface area contributed by atoms with E-state index in [0.717, 1.165) is 32.2 Å². The Labute approximate surface area is 157 Å². The van der Waals surface area contributed by atoms with Crippen molar-refractivity contribution in [2.75, 3.05) is 18.4 Å². The van der Waals surface area contributed by atoms with Crippen molar-refractivity contribution in [1.29, 1.82) is 0 Å². The van der Waals surface area contributed by atoms with E-state index in [1.54, 1.807) is 13.8 Å². The summed E-state index contributed by atoms with van der Waals surface area (Å²) in [6.07, 6.45) is 3.89. The Morgan fingerprint density at radius 3 is 2.46 bits per heavy atom. The van der Waals surface area contributed by atoms with Crippen molar-refractivity contribution in [1.82, 2.24) is 4.72 Å². The zero-order valence-corrected chi connectivity index (χ0v) is 16.4. The van der Waals surface area contributed by atoms with Gasteiger partial charge < -0.3 is 5.32 Å². The SMILES string of the molecule is CC(C)S(=O)(=O)NCCCCCNc1cccc2c1Cc1ccccc1-2. The number of hydrogen-bond acceptors (Lipinski definition) is 3. The first-order chi connectivity index (χ1) is 12.5.